The number of hydrogen-bond donors (Lipinski definition) is 0. The van der Waals surface area contributed by atoms with E-state index in [1.165, 1.54) is 23.4 Å². The molecular weight excluding hydrogens is 508 g/mol. The molecule has 0 amide bonds. The average Bonchev–Trinajstić information content (AvgIpc) is 2.99. The van der Waals surface area contributed by atoms with Crippen LogP contribution in [0.25, 0.3) is 33.4 Å². The molecule has 0 spiro atoms. The SMILES string of the molecule is CCN1CCN(c2ccc(-c3cnc4cccc(-c5cc(F)c(CN6CCOCC6)c(F)c5)c4n3)cc2C)CC1. The standard InChI is InChI=1S/C32H35F2N5O/c1-3-37-9-11-39(12-10-37)31-8-7-23(17-22(31)2)30-20-35-29-6-4-5-25(32(29)36-30)24-18-27(33)26(28(34)19-24)21-38-13-15-40-16-14-38/h4-8,17-20H,3,9-16,21H2,1-2H3. The monoisotopic (exact) mass is 543 g/mol. The van der Waals surface area contributed by atoms with Gasteiger partial charge in [-0.2, -0.15) is 0 Å². The average molecular weight is 544 g/mol. The van der Waals surface area contributed by atoms with Crippen molar-refractivity contribution in [2.45, 2.75) is 20.4 Å². The fraction of sp³-hybridized carbons (Fsp3) is 0.375. The highest BCUT2D eigenvalue weighted by molar-refractivity contribution is 5.92. The Bertz CT molecular complexity index is 1490. The van der Waals surface area contributed by atoms with Gasteiger partial charge in [-0.15, -0.1) is 0 Å². The first kappa shape index (κ1) is 26.7. The molecule has 0 aliphatic carbocycles. The summed E-state index contributed by atoms with van der Waals surface area (Å²) in [6.07, 6.45) is 1.77. The molecule has 40 heavy (non-hydrogen) atoms. The van der Waals surface area contributed by atoms with Gasteiger partial charge in [-0.05, 0) is 54.9 Å². The Morgan fingerprint density at radius 3 is 2.30 bits per heavy atom. The van der Waals surface area contributed by atoms with Crippen LogP contribution in [0.2, 0.25) is 0 Å². The summed E-state index contributed by atoms with van der Waals surface area (Å²) in [6, 6.07) is 14.8. The second-order valence-corrected chi connectivity index (χ2v) is 10.7. The molecule has 0 radical (unpaired) electrons. The summed E-state index contributed by atoms with van der Waals surface area (Å²) in [5.41, 5.74) is 6.64. The number of benzene rings is 3. The molecule has 6 rings (SSSR count). The molecule has 208 valence electrons. The topological polar surface area (TPSA) is 44.7 Å². The van der Waals surface area contributed by atoms with Crippen molar-refractivity contribution < 1.29 is 13.5 Å². The number of nitrogens with zero attached hydrogens (tertiary/aromatic N) is 5. The predicted octanol–water partition coefficient (Wildman–Crippen LogP) is 5.52. The molecule has 4 aromatic rings. The van der Waals surface area contributed by atoms with Crippen molar-refractivity contribution in [3.05, 3.63) is 77.5 Å². The van der Waals surface area contributed by atoms with Crippen molar-refractivity contribution in [2.24, 2.45) is 0 Å². The number of fused-ring (bicyclic) bond motifs is 1. The van der Waals surface area contributed by atoms with Crippen LogP contribution in [0.15, 0.2) is 54.7 Å². The summed E-state index contributed by atoms with van der Waals surface area (Å²) >= 11 is 0. The molecular formula is C32H35F2N5O. The molecule has 2 fully saturated rings. The summed E-state index contributed by atoms with van der Waals surface area (Å²) in [4.78, 5) is 16.5. The quantitative estimate of drug-likeness (QED) is 0.319. The number of anilines is 1. The number of aromatic nitrogens is 2. The van der Waals surface area contributed by atoms with Gasteiger partial charge in [0.25, 0.3) is 0 Å². The van der Waals surface area contributed by atoms with E-state index in [1.54, 1.807) is 6.20 Å². The van der Waals surface area contributed by atoms with Gasteiger partial charge >= 0.3 is 0 Å². The number of hydrogen-bond acceptors (Lipinski definition) is 6. The minimum atomic E-state index is -0.548. The molecule has 1 aromatic heterocycles. The second-order valence-electron chi connectivity index (χ2n) is 10.7. The third-order valence-electron chi connectivity index (χ3n) is 8.16. The maximum Gasteiger partial charge on any atom is 0.131 e. The van der Waals surface area contributed by atoms with E-state index in [2.05, 4.69) is 46.8 Å². The van der Waals surface area contributed by atoms with Crippen LogP contribution in [0.1, 0.15) is 18.1 Å². The van der Waals surface area contributed by atoms with Gasteiger partial charge in [0.15, 0.2) is 0 Å². The third kappa shape index (κ3) is 5.44. The van der Waals surface area contributed by atoms with Crippen LogP contribution in [0.4, 0.5) is 14.5 Å². The van der Waals surface area contributed by atoms with Crippen LogP contribution in [-0.2, 0) is 11.3 Å². The molecule has 0 N–H and O–H groups in total. The van der Waals surface area contributed by atoms with Crippen molar-refractivity contribution in [1.29, 1.82) is 0 Å². The third-order valence-corrected chi connectivity index (χ3v) is 8.16. The highest BCUT2D eigenvalue weighted by Crippen LogP contribution is 2.32. The lowest BCUT2D eigenvalue weighted by Crippen LogP contribution is -2.46. The van der Waals surface area contributed by atoms with Crippen LogP contribution < -0.4 is 4.90 Å². The Labute approximate surface area is 234 Å². The molecule has 0 saturated carbocycles. The summed E-state index contributed by atoms with van der Waals surface area (Å²) in [6.45, 7) is 12.3. The molecule has 3 heterocycles. The van der Waals surface area contributed by atoms with E-state index in [0.29, 0.717) is 48.5 Å². The molecule has 2 aliphatic rings. The van der Waals surface area contributed by atoms with Gasteiger partial charge < -0.3 is 14.5 Å². The highest BCUT2D eigenvalue weighted by Gasteiger charge is 2.20. The van der Waals surface area contributed by atoms with Crippen LogP contribution >= 0.6 is 0 Å². The molecule has 0 bridgehead atoms. The fourth-order valence-electron chi connectivity index (χ4n) is 5.77. The smallest absolute Gasteiger partial charge is 0.131 e. The molecule has 0 unspecified atom stereocenters. The first-order valence-corrected chi connectivity index (χ1v) is 14.1. The minimum Gasteiger partial charge on any atom is -0.379 e. The van der Waals surface area contributed by atoms with Gasteiger partial charge in [-0.1, -0.05) is 25.1 Å². The number of aryl methyl sites for hydroxylation is 1. The molecule has 0 atom stereocenters. The number of morpholine rings is 1. The van der Waals surface area contributed by atoms with Crippen molar-refractivity contribution in [3.8, 4) is 22.4 Å². The summed E-state index contributed by atoms with van der Waals surface area (Å²) < 4.78 is 35.8. The van der Waals surface area contributed by atoms with Crippen molar-refractivity contribution in [3.63, 3.8) is 0 Å². The van der Waals surface area contributed by atoms with Crippen LogP contribution in [0.5, 0.6) is 0 Å². The van der Waals surface area contributed by atoms with Crippen LogP contribution in [0.3, 0.4) is 0 Å². The number of para-hydroxylation sites is 1. The minimum absolute atomic E-state index is 0.0873. The Hall–Kier alpha value is -3.46. The first-order valence-electron chi connectivity index (χ1n) is 14.1. The summed E-state index contributed by atoms with van der Waals surface area (Å²) in [5, 5.41) is 0. The molecule has 2 aliphatic heterocycles. The Kier molecular flexibility index (Phi) is 7.74. The van der Waals surface area contributed by atoms with Gasteiger partial charge in [-0.25, -0.2) is 13.8 Å². The number of ether oxygens (including phenoxy) is 1. The van der Waals surface area contributed by atoms with Crippen LogP contribution in [-0.4, -0.2) is 78.8 Å². The molecule has 3 aromatic carbocycles. The maximum atomic E-state index is 15.2. The normalized spacial score (nSPS) is 17.1. The van der Waals surface area contributed by atoms with Gasteiger partial charge in [-0.3, -0.25) is 9.88 Å². The fourth-order valence-corrected chi connectivity index (χ4v) is 5.77. The zero-order valence-electron chi connectivity index (χ0n) is 23.2. The van der Waals surface area contributed by atoms with Crippen molar-refractivity contribution in [1.82, 2.24) is 19.8 Å². The Morgan fingerprint density at radius 2 is 1.60 bits per heavy atom. The van der Waals surface area contributed by atoms with Gasteiger partial charge in [0.2, 0.25) is 0 Å². The zero-order valence-corrected chi connectivity index (χ0v) is 23.2. The van der Waals surface area contributed by atoms with E-state index in [-0.39, 0.29) is 12.1 Å². The number of likely N-dealkylation sites (N-methyl/N-ethyl adjacent to an activating group) is 1. The lowest BCUT2D eigenvalue weighted by atomic mass is 10.0. The van der Waals surface area contributed by atoms with E-state index in [0.717, 1.165) is 44.0 Å². The Balaban J connectivity index is 1.30. The van der Waals surface area contributed by atoms with E-state index in [9.17, 15) is 0 Å². The van der Waals surface area contributed by atoms with Gasteiger partial charge in [0.05, 0.1) is 36.1 Å². The molecule has 2 saturated heterocycles. The van der Waals surface area contributed by atoms with Crippen molar-refractivity contribution in [2.75, 3.05) is 63.9 Å². The number of halogens is 2. The predicted molar refractivity (Wildman–Crippen MR) is 155 cm³/mol. The van der Waals surface area contributed by atoms with E-state index in [4.69, 9.17) is 9.72 Å². The largest absolute Gasteiger partial charge is 0.379 e. The lowest BCUT2D eigenvalue weighted by Gasteiger charge is -2.36. The van der Waals surface area contributed by atoms with Gasteiger partial charge in [0.1, 0.15) is 11.6 Å². The van der Waals surface area contributed by atoms with E-state index >= 15 is 8.78 Å². The lowest BCUT2D eigenvalue weighted by molar-refractivity contribution is 0.0332. The second kappa shape index (κ2) is 11.6. The van der Waals surface area contributed by atoms with Crippen LogP contribution in [0, 0.1) is 18.6 Å². The van der Waals surface area contributed by atoms with Gasteiger partial charge in [0, 0.05) is 68.2 Å². The summed E-state index contributed by atoms with van der Waals surface area (Å²) in [7, 11) is 0. The first-order chi connectivity index (χ1) is 19.5. The molecule has 8 heteroatoms. The zero-order chi connectivity index (χ0) is 27.6. The molecule has 6 nitrogen and oxygen atoms in total. The number of piperazine rings is 1. The van der Waals surface area contributed by atoms with E-state index < -0.39 is 11.6 Å². The Morgan fingerprint density at radius 1 is 0.850 bits per heavy atom. The maximum absolute atomic E-state index is 15.2. The van der Waals surface area contributed by atoms with E-state index in [1.807, 2.05) is 23.1 Å². The highest BCUT2D eigenvalue weighted by atomic mass is 19.1. The van der Waals surface area contributed by atoms with Crippen molar-refractivity contribution >= 4 is 16.7 Å². The number of rotatable bonds is 6. The summed E-state index contributed by atoms with van der Waals surface area (Å²) in [5.74, 6) is -1.10.